The minimum absolute atomic E-state index is 0. The van der Waals surface area contributed by atoms with Crippen molar-refractivity contribution in [3.8, 4) is 0 Å². The van der Waals surface area contributed by atoms with Crippen LogP contribution in [-0.2, 0) is 4.79 Å². The van der Waals surface area contributed by atoms with Gasteiger partial charge in [-0.15, -0.1) is 12.4 Å². The Morgan fingerprint density at radius 3 is 2.06 bits per heavy atom. The Hall–Kier alpha value is -0.320. The second kappa shape index (κ2) is 16.3. The Bertz CT molecular complexity index is 464. The van der Waals surface area contributed by atoms with E-state index in [4.69, 9.17) is 0 Å². The van der Waals surface area contributed by atoms with E-state index in [9.17, 15) is 9.90 Å². The molecule has 31 heavy (non-hydrogen) atoms. The highest BCUT2D eigenvalue weighted by atomic mass is 35.5. The summed E-state index contributed by atoms with van der Waals surface area (Å²) in [6.07, 6.45) is 10.0. The Morgan fingerprint density at radius 2 is 1.55 bits per heavy atom. The third kappa shape index (κ3) is 13.1. The molecule has 1 amide bonds. The third-order valence-electron chi connectivity index (χ3n) is 6.77. The molecule has 0 spiro atoms. The molecule has 4 atom stereocenters. The van der Waals surface area contributed by atoms with Crippen LogP contribution in [0, 0.1) is 29.6 Å². The summed E-state index contributed by atoms with van der Waals surface area (Å²) < 4.78 is 0. The molecule has 5 heteroatoms. The van der Waals surface area contributed by atoms with E-state index in [1.54, 1.807) is 0 Å². The smallest absolute Gasteiger partial charge is 0.223 e. The fourth-order valence-corrected chi connectivity index (χ4v) is 4.69. The Labute approximate surface area is 199 Å². The number of rotatable bonds is 14. The average Bonchev–Trinajstić information content (AvgIpc) is 2.68. The molecule has 0 aromatic heterocycles. The van der Waals surface area contributed by atoms with E-state index >= 15 is 0 Å². The number of halogens is 1. The van der Waals surface area contributed by atoms with Gasteiger partial charge in [0.15, 0.2) is 0 Å². The van der Waals surface area contributed by atoms with Gasteiger partial charge in [-0.05, 0) is 56.3 Å². The predicted molar refractivity (Wildman–Crippen MR) is 136 cm³/mol. The molecule has 0 aromatic rings. The molecule has 1 aliphatic rings. The molecule has 1 rings (SSSR count). The molecule has 0 bridgehead atoms. The fourth-order valence-electron chi connectivity index (χ4n) is 4.69. The van der Waals surface area contributed by atoms with Crippen molar-refractivity contribution in [2.24, 2.45) is 29.6 Å². The van der Waals surface area contributed by atoms with Crippen LogP contribution in [0.1, 0.15) is 106 Å². The summed E-state index contributed by atoms with van der Waals surface area (Å²) in [7, 11) is 0. The van der Waals surface area contributed by atoms with Crippen molar-refractivity contribution in [2.45, 2.75) is 124 Å². The molecule has 0 aromatic carbocycles. The van der Waals surface area contributed by atoms with Gasteiger partial charge in [-0.1, -0.05) is 73.6 Å². The first kappa shape index (κ1) is 30.7. The van der Waals surface area contributed by atoms with E-state index < -0.39 is 6.10 Å². The Kier molecular flexibility index (Phi) is 16.1. The van der Waals surface area contributed by atoms with Gasteiger partial charge in [-0.3, -0.25) is 4.79 Å². The standard InChI is InChI=1S/C26H52N2O2.ClH/c1-18(2)13-14-21(7)28-24(15-22-11-9-8-10-12-22)25(29)16-23(20(5)6)26(30)27-17-19(3)4;/h18-25,28-29H,8-17H2,1-7H3,(H,27,30);1H. The monoisotopic (exact) mass is 460 g/mol. The molecule has 0 radical (unpaired) electrons. The van der Waals surface area contributed by atoms with E-state index in [-0.39, 0.29) is 36.2 Å². The van der Waals surface area contributed by atoms with Crippen molar-refractivity contribution in [1.82, 2.24) is 10.6 Å². The largest absolute Gasteiger partial charge is 0.391 e. The molecule has 1 aliphatic carbocycles. The molecule has 186 valence electrons. The molecule has 0 saturated heterocycles. The molecule has 1 saturated carbocycles. The Balaban J connectivity index is 0.00000900. The normalized spacial score (nSPS) is 19.2. The summed E-state index contributed by atoms with van der Waals surface area (Å²) in [5.41, 5.74) is 0. The van der Waals surface area contributed by atoms with Crippen LogP contribution in [0.4, 0.5) is 0 Å². The van der Waals surface area contributed by atoms with Crippen LogP contribution in [0.15, 0.2) is 0 Å². The average molecular weight is 461 g/mol. The van der Waals surface area contributed by atoms with Gasteiger partial charge in [0.25, 0.3) is 0 Å². The van der Waals surface area contributed by atoms with Crippen molar-refractivity contribution >= 4 is 18.3 Å². The fraction of sp³-hybridized carbons (Fsp3) is 0.962. The lowest BCUT2D eigenvalue weighted by Crippen LogP contribution is -2.48. The first-order valence-electron chi connectivity index (χ1n) is 12.8. The zero-order valence-electron chi connectivity index (χ0n) is 21.5. The van der Waals surface area contributed by atoms with Crippen LogP contribution >= 0.6 is 12.4 Å². The minimum Gasteiger partial charge on any atom is -0.391 e. The molecular formula is C26H53ClN2O2. The molecule has 3 N–H and O–H groups in total. The number of carbonyl (C=O) groups excluding carboxylic acids is 1. The summed E-state index contributed by atoms with van der Waals surface area (Å²) in [6, 6.07) is 0.470. The maximum atomic E-state index is 12.8. The number of nitrogens with one attached hydrogen (secondary N) is 2. The number of amides is 1. The van der Waals surface area contributed by atoms with Gasteiger partial charge in [0.05, 0.1) is 6.10 Å². The van der Waals surface area contributed by atoms with Crippen molar-refractivity contribution in [3.63, 3.8) is 0 Å². The van der Waals surface area contributed by atoms with Crippen molar-refractivity contribution < 1.29 is 9.90 Å². The molecule has 0 heterocycles. The highest BCUT2D eigenvalue weighted by molar-refractivity contribution is 5.85. The number of carbonyl (C=O) groups is 1. The SMILES string of the molecule is CC(C)CCC(C)NC(CC1CCCCC1)C(O)CC(C(=O)NCC(C)C)C(C)C.Cl. The van der Waals surface area contributed by atoms with Crippen molar-refractivity contribution in [3.05, 3.63) is 0 Å². The molecule has 1 fully saturated rings. The van der Waals surface area contributed by atoms with Crippen LogP contribution in [0.5, 0.6) is 0 Å². The highest BCUT2D eigenvalue weighted by Crippen LogP contribution is 2.30. The van der Waals surface area contributed by atoms with Crippen LogP contribution < -0.4 is 10.6 Å². The lowest BCUT2D eigenvalue weighted by atomic mass is 9.81. The number of aliphatic hydroxyl groups excluding tert-OH is 1. The van der Waals surface area contributed by atoms with E-state index in [0.29, 0.717) is 36.8 Å². The van der Waals surface area contributed by atoms with E-state index in [1.807, 2.05) is 0 Å². The van der Waals surface area contributed by atoms with Gasteiger partial charge < -0.3 is 15.7 Å². The summed E-state index contributed by atoms with van der Waals surface area (Å²) >= 11 is 0. The zero-order chi connectivity index (χ0) is 22.7. The first-order chi connectivity index (χ1) is 14.1. The van der Waals surface area contributed by atoms with Gasteiger partial charge in [-0.25, -0.2) is 0 Å². The second-order valence-corrected chi connectivity index (χ2v) is 11.2. The van der Waals surface area contributed by atoms with Crippen LogP contribution in [0.2, 0.25) is 0 Å². The third-order valence-corrected chi connectivity index (χ3v) is 6.77. The lowest BCUT2D eigenvalue weighted by Gasteiger charge is -2.34. The quantitative estimate of drug-likeness (QED) is 0.300. The highest BCUT2D eigenvalue weighted by Gasteiger charge is 2.31. The van der Waals surface area contributed by atoms with Gasteiger partial charge >= 0.3 is 0 Å². The van der Waals surface area contributed by atoms with Crippen molar-refractivity contribution in [1.29, 1.82) is 0 Å². The zero-order valence-corrected chi connectivity index (χ0v) is 22.3. The van der Waals surface area contributed by atoms with Crippen molar-refractivity contribution in [2.75, 3.05) is 6.54 Å². The van der Waals surface area contributed by atoms with Crippen LogP contribution in [0.3, 0.4) is 0 Å². The van der Waals surface area contributed by atoms with Gasteiger partial charge in [-0.2, -0.15) is 0 Å². The second-order valence-electron chi connectivity index (χ2n) is 11.2. The van der Waals surface area contributed by atoms with Gasteiger partial charge in [0.1, 0.15) is 0 Å². The number of hydrogen-bond donors (Lipinski definition) is 3. The molecule has 4 unspecified atom stereocenters. The molecular weight excluding hydrogens is 408 g/mol. The molecule has 4 nitrogen and oxygen atoms in total. The van der Waals surface area contributed by atoms with Gasteiger partial charge in [0, 0.05) is 24.5 Å². The van der Waals surface area contributed by atoms with E-state index in [2.05, 4.69) is 59.1 Å². The molecule has 0 aliphatic heterocycles. The van der Waals surface area contributed by atoms with Crippen LogP contribution in [0.25, 0.3) is 0 Å². The Morgan fingerprint density at radius 1 is 0.935 bits per heavy atom. The first-order valence-corrected chi connectivity index (χ1v) is 12.8. The van der Waals surface area contributed by atoms with Gasteiger partial charge in [0.2, 0.25) is 5.91 Å². The topological polar surface area (TPSA) is 61.4 Å². The predicted octanol–water partition coefficient (Wildman–Crippen LogP) is 5.96. The summed E-state index contributed by atoms with van der Waals surface area (Å²) in [5.74, 6) is 2.03. The number of aliphatic hydroxyl groups is 1. The van der Waals surface area contributed by atoms with Crippen LogP contribution in [-0.4, -0.2) is 35.7 Å². The summed E-state index contributed by atoms with van der Waals surface area (Å²) in [6.45, 7) is 15.9. The summed E-state index contributed by atoms with van der Waals surface area (Å²) in [4.78, 5) is 12.8. The van der Waals surface area contributed by atoms with E-state index in [0.717, 1.165) is 12.8 Å². The maximum Gasteiger partial charge on any atom is 0.223 e. The summed E-state index contributed by atoms with van der Waals surface area (Å²) in [5, 5.41) is 18.1. The van der Waals surface area contributed by atoms with E-state index in [1.165, 1.54) is 38.5 Å². The number of hydrogen-bond acceptors (Lipinski definition) is 3. The lowest BCUT2D eigenvalue weighted by molar-refractivity contribution is -0.127. The maximum absolute atomic E-state index is 12.8. The minimum atomic E-state index is -0.481.